The minimum absolute atomic E-state index is 0.0539. The van der Waals surface area contributed by atoms with Crippen LogP contribution in [0.3, 0.4) is 0 Å². The Morgan fingerprint density at radius 1 is 1.45 bits per heavy atom. The number of anilines is 1. The molecule has 3 rings (SSSR count). The van der Waals surface area contributed by atoms with Gasteiger partial charge in [0.15, 0.2) is 5.13 Å². The predicted octanol–water partition coefficient (Wildman–Crippen LogP) is 3.51. The summed E-state index contributed by atoms with van der Waals surface area (Å²) in [7, 11) is 0. The smallest absolute Gasteiger partial charge is 0.283 e. The van der Waals surface area contributed by atoms with Gasteiger partial charge in [-0.3, -0.25) is 20.2 Å². The van der Waals surface area contributed by atoms with E-state index in [1.807, 2.05) is 0 Å². The van der Waals surface area contributed by atoms with Crippen molar-refractivity contribution in [3.05, 3.63) is 44.4 Å². The lowest BCUT2D eigenvalue weighted by Gasteiger charge is -2.04. The molecule has 0 radical (unpaired) electrons. The number of carbonyl (C=O) groups excluding carboxylic acids is 1. The molecule has 1 aromatic heterocycles. The first kappa shape index (κ1) is 15.0. The Bertz CT molecular complexity index is 736. The fourth-order valence-electron chi connectivity index (χ4n) is 2.39. The van der Waals surface area contributed by atoms with Crippen LogP contribution in [-0.2, 0) is 12.8 Å². The first-order chi connectivity index (χ1) is 10.6. The summed E-state index contributed by atoms with van der Waals surface area (Å²) < 4.78 is 0. The first-order valence-electron chi connectivity index (χ1n) is 6.71. The molecule has 114 valence electrons. The number of carbonyl (C=O) groups is 1. The van der Waals surface area contributed by atoms with E-state index in [1.54, 1.807) is 18.4 Å². The summed E-state index contributed by atoms with van der Waals surface area (Å²) in [4.78, 5) is 29.0. The van der Waals surface area contributed by atoms with Crippen molar-refractivity contribution < 1.29 is 9.72 Å². The molecule has 1 aliphatic rings. The van der Waals surface area contributed by atoms with Crippen LogP contribution in [0.2, 0.25) is 0 Å². The summed E-state index contributed by atoms with van der Waals surface area (Å²) in [6.45, 7) is 0. The number of benzene rings is 1. The lowest BCUT2D eigenvalue weighted by molar-refractivity contribution is -0.387. The van der Waals surface area contributed by atoms with Crippen molar-refractivity contribution in [1.29, 1.82) is 0 Å². The van der Waals surface area contributed by atoms with Gasteiger partial charge in [-0.25, -0.2) is 4.98 Å². The number of rotatable bonds is 4. The number of aryl methyl sites for hydroxylation is 2. The number of nitrogens with zero attached hydrogens (tertiary/aromatic N) is 2. The topological polar surface area (TPSA) is 85.1 Å². The Hall–Kier alpha value is -1.93. The van der Waals surface area contributed by atoms with Crippen molar-refractivity contribution in [3.63, 3.8) is 0 Å². The van der Waals surface area contributed by atoms with E-state index in [0.717, 1.165) is 25.0 Å². The van der Waals surface area contributed by atoms with Gasteiger partial charge in [0.05, 0.1) is 15.5 Å². The maximum atomic E-state index is 12.2. The van der Waals surface area contributed by atoms with E-state index in [0.29, 0.717) is 10.0 Å². The van der Waals surface area contributed by atoms with Crippen LogP contribution in [0.1, 0.15) is 27.3 Å². The highest BCUT2D eigenvalue weighted by molar-refractivity contribution is 7.98. The minimum Gasteiger partial charge on any atom is -0.298 e. The summed E-state index contributed by atoms with van der Waals surface area (Å²) in [5.41, 5.74) is 1.27. The molecule has 1 amide bonds. The molecule has 1 heterocycles. The van der Waals surface area contributed by atoms with Gasteiger partial charge in [-0.1, -0.05) is 0 Å². The molecular weight excluding hydrogens is 322 g/mol. The SMILES string of the molecule is CSc1ccc(C(=O)Nc2nc3c(s2)CCC3)cc1[N+](=O)[O-]. The molecule has 22 heavy (non-hydrogen) atoms. The maximum absolute atomic E-state index is 12.2. The van der Waals surface area contributed by atoms with E-state index in [1.165, 1.54) is 34.0 Å². The van der Waals surface area contributed by atoms with Gasteiger partial charge < -0.3 is 0 Å². The van der Waals surface area contributed by atoms with Crippen molar-refractivity contribution in [1.82, 2.24) is 4.98 Å². The Labute approximate surface area is 135 Å². The molecule has 0 fully saturated rings. The highest BCUT2D eigenvalue weighted by Crippen LogP contribution is 2.31. The molecule has 0 bridgehead atoms. The van der Waals surface area contributed by atoms with Gasteiger partial charge in [0.2, 0.25) is 0 Å². The molecule has 1 aliphatic carbocycles. The number of nitro groups is 1. The summed E-state index contributed by atoms with van der Waals surface area (Å²) in [6, 6.07) is 4.50. The van der Waals surface area contributed by atoms with E-state index in [9.17, 15) is 14.9 Å². The molecule has 1 aromatic carbocycles. The highest BCUT2D eigenvalue weighted by Gasteiger charge is 2.20. The number of thioether (sulfide) groups is 1. The molecule has 0 aliphatic heterocycles. The van der Waals surface area contributed by atoms with Gasteiger partial charge in [-0.05, 0) is 37.7 Å². The fourth-order valence-corrected chi connectivity index (χ4v) is 3.98. The largest absolute Gasteiger partial charge is 0.298 e. The van der Waals surface area contributed by atoms with E-state index in [2.05, 4.69) is 10.3 Å². The molecule has 0 unspecified atom stereocenters. The van der Waals surface area contributed by atoms with Gasteiger partial charge in [-0.15, -0.1) is 23.1 Å². The van der Waals surface area contributed by atoms with Crippen molar-refractivity contribution in [2.75, 3.05) is 11.6 Å². The standard InChI is InChI=1S/C14H13N3O3S2/c1-21-12-6-5-8(7-10(12)17(19)20)13(18)16-14-15-9-3-2-4-11(9)22-14/h5-7H,2-4H2,1H3,(H,15,16,18). The predicted molar refractivity (Wildman–Crippen MR) is 87.0 cm³/mol. The zero-order valence-corrected chi connectivity index (χ0v) is 13.4. The Morgan fingerprint density at radius 2 is 2.27 bits per heavy atom. The monoisotopic (exact) mass is 335 g/mol. The average Bonchev–Trinajstić information content (AvgIpc) is 3.07. The van der Waals surface area contributed by atoms with Crippen LogP contribution < -0.4 is 5.32 Å². The van der Waals surface area contributed by atoms with Gasteiger partial charge in [0.25, 0.3) is 11.6 Å². The second-order valence-electron chi connectivity index (χ2n) is 4.84. The molecule has 0 atom stereocenters. The lowest BCUT2D eigenvalue weighted by atomic mass is 10.2. The van der Waals surface area contributed by atoms with Crippen LogP contribution >= 0.6 is 23.1 Å². The van der Waals surface area contributed by atoms with Gasteiger partial charge >= 0.3 is 0 Å². The third kappa shape index (κ3) is 2.84. The van der Waals surface area contributed by atoms with Crippen molar-refractivity contribution in [2.24, 2.45) is 0 Å². The van der Waals surface area contributed by atoms with Crippen LogP contribution in [0, 0.1) is 10.1 Å². The molecule has 8 heteroatoms. The van der Waals surface area contributed by atoms with E-state index >= 15 is 0 Å². The quantitative estimate of drug-likeness (QED) is 0.525. The molecule has 0 saturated heterocycles. The Kier molecular flexibility index (Phi) is 4.12. The van der Waals surface area contributed by atoms with Crippen LogP contribution in [-0.4, -0.2) is 22.1 Å². The van der Waals surface area contributed by atoms with Crippen LogP contribution in [0.4, 0.5) is 10.8 Å². The average molecular weight is 335 g/mol. The number of nitrogens with one attached hydrogen (secondary N) is 1. The molecule has 1 N–H and O–H groups in total. The van der Waals surface area contributed by atoms with Gasteiger partial charge in [0.1, 0.15) is 0 Å². The number of thiazole rings is 1. The molecule has 0 spiro atoms. The third-order valence-corrected chi connectivity index (χ3v) is 5.31. The van der Waals surface area contributed by atoms with Gasteiger partial charge in [0, 0.05) is 16.5 Å². The Morgan fingerprint density at radius 3 is 2.95 bits per heavy atom. The summed E-state index contributed by atoms with van der Waals surface area (Å²) in [5, 5.41) is 14.4. The first-order valence-corrected chi connectivity index (χ1v) is 8.75. The maximum Gasteiger partial charge on any atom is 0.283 e. The summed E-state index contributed by atoms with van der Waals surface area (Å²) in [6.07, 6.45) is 4.84. The lowest BCUT2D eigenvalue weighted by Crippen LogP contribution is -2.12. The van der Waals surface area contributed by atoms with Crippen molar-refractivity contribution >= 4 is 39.8 Å². The molecular formula is C14H13N3O3S2. The second kappa shape index (κ2) is 6.05. The number of hydrogen-bond acceptors (Lipinski definition) is 6. The van der Waals surface area contributed by atoms with E-state index in [-0.39, 0.29) is 17.2 Å². The van der Waals surface area contributed by atoms with E-state index in [4.69, 9.17) is 0 Å². The van der Waals surface area contributed by atoms with Crippen molar-refractivity contribution in [2.45, 2.75) is 24.2 Å². The number of amides is 1. The number of nitro benzene ring substituents is 1. The zero-order chi connectivity index (χ0) is 15.7. The number of hydrogen-bond donors (Lipinski definition) is 1. The number of aromatic nitrogens is 1. The van der Waals surface area contributed by atoms with Crippen LogP contribution in [0.15, 0.2) is 23.1 Å². The van der Waals surface area contributed by atoms with Crippen LogP contribution in [0.5, 0.6) is 0 Å². The minimum atomic E-state index is -0.472. The van der Waals surface area contributed by atoms with Crippen LogP contribution in [0.25, 0.3) is 0 Å². The molecule has 6 nitrogen and oxygen atoms in total. The Balaban J connectivity index is 1.82. The highest BCUT2D eigenvalue weighted by atomic mass is 32.2. The van der Waals surface area contributed by atoms with Crippen molar-refractivity contribution in [3.8, 4) is 0 Å². The van der Waals surface area contributed by atoms with Gasteiger partial charge in [-0.2, -0.15) is 0 Å². The number of fused-ring (bicyclic) bond motifs is 1. The summed E-state index contributed by atoms with van der Waals surface area (Å²) >= 11 is 2.76. The molecule has 2 aromatic rings. The normalized spacial score (nSPS) is 13.0. The summed E-state index contributed by atoms with van der Waals surface area (Å²) in [5.74, 6) is -0.372. The third-order valence-electron chi connectivity index (χ3n) is 3.45. The fraction of sp³-hybridized carbons (Fsp3) is 0.286. The molecule has 0 saturated carbocycles. The second-order valence-corrected chi connectivity index (χ2v) is 6.77. The zero-order valence-electron chi connectivity index (χ0n) is 11.8. The van der Waals surface area contributed by atoms with E-state index < -0.39 is 4.92 Å².